The summed E-state index contributed by atoms with van der Waals surface area (Å²) in [7, 11) is 1.62. The first-order valence-corrected chi connectivity index (χ1v) is 13.5. The van der Waals surface area contributed by atoms with Gasteiger partial charge in [-0.25, -0.2) is 4.39 Å². The van der Waals surface area contributed by atoms with Crippen molar-refractivity contribution in [2.45, 2.75) is 79.4 Å². The molecule has 37 heavy (non-hydrogen) atoms. The first-order chi connectivity index (χ1) is 17.3. The lowest BCUT2D eigenvalue weighted by Gasteiger charge is -2.30. The van der Waals surface area contributed by atoms with Crippen molar-refractivity contribution in [1.82, 2.24) is 5.32 Å². The molecule has 1 amide bonds. The number of carbonyl (C=O) groups is 1. The highest BCUT2D eigenvalue weighted by Gasteiger charge is 2.30. The number of nitrogens with one attached hydrogen (secondary N) is 1. The Bertz CT molecular complexity index is 803. The number of aliphatic hydroxyl groups excluding tert-OH is 2. The summed E-state index contributed by atoms with van der Waals surface area (Å²) < 4.78 is 24.8. The maximum absolute atomic E-state index is 14.2. The predicted molar refractivity (Wildman–Crippen MR) is 146 cm³/mol. The Morgan fingerprint density at radius 3 is 2.38 bits per heavy atom. The number of benzene rings is 1. The van der Waals surface area contributed by atoms with Crippen molar-refractivity contribution in [2.24, 2.45) is 34.8 Å². The minimum atomic E-state index is -0.835. The van der Waals surface area contributed by atoms with Gasteiger partial charge < -0.3 is 30.7 Å². The fourth-order valence-corrected chi connectivity index (χ4v) is 4.20. The van der Waals surface area contributed by atoms with E-state index in [1.807, 2.05) is 27.7 Å². The third kappa shape index (κ3) is 12.1. The number of nitrogens with two attached hydrogens (primary N) is 1. The van der Waals surface area contributed by atoms with Gasteiger partial charge >= 0.3 is 0 Å². The quantitative estimate of drug-likeness (QED) is 0.216. The van der Waals surface area contributed by atoms with E-state index < -0.39 is 23.4 Å². The zero-order valence-corrected chi connectivity index (χ0v) is 23.9. The number of methoxy groups -OCH3 is 1. The Labute approximate surface area is 223 Å². The molecule has 8 heteroatoms. The molecule has 7 nitrogen and oxygen atoms in total. The molecule has 0 heterocycles. The average Bonchev–Trinajstić information content (AvgIpc) is 2.84. The summed E-state index contributed by atoms with van der Waals surface area (Å²) in [5.41, 5.74) is 7.00. The van der Waals surface area contributed by atoms with Gasteiger partial charge in [-0.3, -0.25) is 4.79 Å². The van der Waals surface area contributed by atoms with Crippen molar-refractivity contribution in [3.8, 4) is 5.75 Å². The van der Waals surface area contributed by atoms with E-state index in [1.165, 1.54) is 6.07 Å². The van der Waals surface area contributed by atoms with E-state index in [9.17, 15) is 19.4 Å². The van der Waals surface area contributed by atoms with Gasteiger partial charge in [0.15, 0.2) is 11.6 Å². The maximum atomic E-state index is 14.2. The molecule has 0 aliphatic rings. The van der Waals surface area contributed by atoms with Gasteiger partial charge in [0.25, 0.3) is 0 Å². The normalized spacial score (nSPS) is 15.5. The predicted octanol–water partition coefficient (Wildman–Crippen LogP) is 3.93. The van der Waals surface area contributed by atoms with Gasteiger partial charge in [0, 0.05) is 50.7 Å². The molecule has 0 aromatic heterocycles. The van der Waals surface area contributed by atoms with Crippen molar-refractivity contribution in [3.05, 3.63) is 29.6 Å². The van der Waals surface area contributed by atoms with E-state index in [1.54, 1.807) is 19.2 Å². The molecular weight excluding hydrogens is 475 g/mol. The lowest BCUT2D eigenvalue weighted by atomic mass is 9.80. The Morgan fingerprint density at radius 2 is 1.81 bits per heavy atom. The second-order valence-corrected chi connectivity index (χ2v) is 11.8. The minimum absolute atomic E-state index is 0.0286. The highest BCUT2D eigenvalue weighted by Crippen LogP contribution is 2.28. The summed E-state index contributed by atoms with van der Waals surface area (Å²) in [4.78, 5) is 12.9. The smallest absolute Gasteiger partial charge is 0.223 e. The summed E-state index contributed by atoms with van der Waals surface area (Å²) in [6.07, 6.45) is 1.36. The Hall–Kier alpha value is -1.74. The number of hydrogen-bond acceptors (Lipinski definition) is 6. The van der Waals surface area contributed by atoms with Gasteiger partial charge in [-0.1, -0.05) is 47.6 Å². The van der Waals surface area contributed by atoms with Crippen LogP contribution in [-0.2, 0) is 16.0 Å². The number of carbonyl (C=O) groups excluding carboxylic acids is 1. The van der Waals surface area contributed by atoms with E-state index in [4.69, 9.17) is 15.2 Å². The molecule has 4 atom stereocenters. The zero-order chi connectivity index (χ0) is 28.2. The fraction of sp³-hybridized carbons (Fsp3) is 0.759. The number of amides is 1. The molecule has 0 aliphatic heterocycles. The van der Waals surface area contributed by atoms with Crippen LogP contribution in [0.5, 0.6) is 5.75 Å². The van der Waals surface area contributed by atoms with Gasteiger partial charge in [0.1, 0.15) is 0 Å². The molecule has 1 aromatic carbocycles. The Kier molecular flexibility index (Phi) is 14.6. The summed E-state index contributed by atoms with van der Waals surface area (Å²) in [5, 5.41) is 23.3. The van der Waals surface area contributed by atoms with Crippen LogP contribution in [0.2, 0.25) is 0 Å². The summed E-state index contributed by atoms with van der Waals surface area (Å²) in [6, 6.07) is 4.44. The van der Waals surface area contributed by atoms with Crippen LogP contribution in [0.25, 0.3) is 0 Å². The monoisotopic (exact) mass is 526 g/mol. The van der Waals surface area contributed by atoms with Crippen LogP contribution in [0.3, 0.4) is 0 Å². The summed E-state index contributed by atoms with van der Waals surface area (Å²) >= 11 is 0. The number of rotatable bonds is 18. The van der Waals surface area contributed by atoms with Gasteiger partial charge in [0.05, 0.1) is 12.7 Å². The molecule has 0 saturated heterocycles. The molecular formula is C29H51FN2O5. The number of aliphatic hydroxyl groups is 2. The number of ether oxygens (including phenoxy) is 2. The second-order valence-electron chi connectivity index (χ2n) is 11.8. The first kappa shape index (κ1) is 33.3. The van der Waals surface area contributed by atoms with E-state index >= 15 is 0 Å². The first-order valence-electron chi connectivity index (χ1n) is 13.5. The van der Waals surface area contributed by atoms with Crippen molar-refractivity contribution in [2.75, 3.05) is 33.5 Å². The van der Waals surface area contributed by atoms with E-state index in [2.05, 4.69) is 19.2 Å². The van der Waals surface area contributed by atoms with Gasteiger partial charge in [-0.2, -0.15) is 0 Å². The fourth-order valence-electron chi connectivity index (χ4n) is 4.20. The van der Waals surface area contributed by atoms with E-state index in [0.717, 1.165) is 5.56 Å². The largest absolute Gasteiger partial charge is 0.490 e. The maximum Gasteiger partial charge on any atom is 0.223 e. The second kappa shape index (κ2) is 16.3. The van der Waals surface area contributed by atoms with Crippen molar-refractivity contribution >= 4 is 5.91 Å². The standard InChI is InChI=1S/C29H51FN2O5/c1-19(2)22(13-21-9-10-24(30)27(14-21)37-12-8-11-36-7)15-25(31)26(34)16-23(20(3)4)28(35)32-17-29(5,6)18-33/h9-10,14,19-20,22-23,25-26,33-34H,8,11-13,15-18,31H2,1-7H3,(H,32,35)/t22-,23-,25-,26-/m0/s1. The molecule has 214 valence electrons. The van der Waals surface area contributed by atoms with Crippen molar-refractivity contribution < 1.29 is 28.9 Å². The molecule has 0 aliphatic carbocycles. The van der Waals surface area contributed by atoms with Crippen LogP contribution in [0.15, 0.2) is 18.2 Å². The van der Waals surface area contributed by atoms with Crippen LogP contribution in [0, 0.1) is 34.9 Å². The highest BCUT2D eigenvalue weighted by atomic mass is 19.1. The molecule has 0 saturated carbocycles. The van der Waals surface area contributed by atoms with Crippen LogP contribution in [0.1, 0.15) is 66.4 Å². The molecule has 1 rings (SSSR count). The lowest BCUT2D eigenvalue weighted by Crippen LogP contribution is -2.44. The highest BCUT2D eigenvalue weighted by molar-refractivity contribution is 5.79. The van der Waals surface area contributed by atoms with Crippen molar-refractivity contribution in [3.63, 3.8) is 0 Å². The summed E-state index contributed by atoms with van der Waals surface area (Å²) in [6.45, 7) is 13.2. The Balaban J connectivity index is 2.81. The summed E-state index contributed by atoms with van der Waals surface area (Å²) in [5.74, 6) is -0.199. The van der Waals surface area contributed by atoms with E-state index in [-0.39, 0.29) is 42.4 Å². The molecule has 0 unspecified atom stereocenters. The average molecular weight is 527 g/mol. The Morgan fingerprint density at radius 1 is 1.14 bits per heavy atom. The van der Waals surface area contributed by atoms with Crippen LogP contribution in [-0.4, -0.2) is 61.7 Å². The lowest BCUT2D eigenvalue weighted by molar-refractivity contribution is -0.128. The van der Waals surface area contributed by atoms with Gasteiger partial charge in [-0.15, -0.1) is 0 Å². The number of hydrogen-bond donors (Lipinski definition) is 4. The van der Waals surface area contributed by atoms with Crippen LogP contribution in [0.4, 0.5) is 4.39 Å². The molecule has 1 aromatic rings. The molecule has 0 bridgehead atoms. The topological polar surface area (TPSA) is 114 Å². The SMILES string of the molecule is COCCCOc1cc(C[C@@H](C[C@H](N)[C@@H](O)C[C@H](C(=O)NCC(C)(C)CO)C(C)C)C(C)C)ccc1F. The molecule has 0 spiro atoms. The van der Waals surface area contributed by atoms with Crippen LogP contribution < -0.4 is 15.8 Å². The van der Waals surface area contributed by atoms with Gasteiger partial charge in [0.2, 0.25) is 5.91 Å². The van der Waals surface area contributed by atoms with Crippen LogP contribution >= 0.6 is 0 Å². The molecule has 5 N–H and O–H groups in total. The third-order valence-corrected chi connectivity index (χ3v) is 7.06. The minimum Gasteiger partial charge on any atom is -0.490 e. The molecule has 0 radical (unpaired) electrons. The number of halogens is 1. The molecule has 0 fully saturated rings. The van der Waals surface area contributed by atoms with Crippen molar-refractivity contribution in [1.29, 1.82) is 0 Å². The zero-order valence-electron chi connectivity index (χ0n) is 23.9. The van der Waals surface area contributed by atoms with Gasteiger partial charge in [-0.05, 0) is 54.7 Å². The van der Waals surface area contributed by atoms with E-state index in [0.29, 0.717) is 44.9 Å². The third-order valence-electron chi connectivity index (χ3n) is 7.06.